The fraction of sp³-hybridized carbons (Fsp3) is 0.0741. The minimum absolute atomic E-state index is 0.0741. The lowest BCUT2D eigenvalue weighted by molar-refractivity contribution is -0.137. The predicted molar refractivity (Wildman–Crippen MR) is 140 cm³/mol. The summed E-state index contributed by atoms with van der Waals surface area (Å²) >= 11 is 0. The van der Waals surface area contributed by atoms with Gasteiger partial charge in [0, 0.05) is 22.8 Å². The first-order valence-electron chi connectivity index (χ1n) is 11.3. The van der Waals surface area contributed by atoms with Crippen molar-refractivity contribution in [2.24, 2.45) is 0 Å². The van der Waals surface area contributed by atoms with Crippen LogP contribution in [0.3, 0.4) is 0 Å². The summed E-state index contributed by atoms with van der Waals surface area (Å²) in [7, 11) is -2.52. The normalized spacial score (nSPS) is 11.4. The van der Waals surface area contributed by atoms with Gasteiger partial charge in [0.2, 0.25) is 0 Å². The van der Waals surface area contributed by atoms with Crippen LogP contribution in [0.4, 0.5) is 24.7 Å². The Kier molecular flexibility index (Phi) is 8.07. The molecule has 8 nitrogen and oxygen atoms in total. The minimum atomic E-state index is -4.39. The summed E-state index contributed by atoms with van der Waals surface area (Å²) in [5.74, 6) is 0.723. The SMILES string of the molecule is COc1c(Nc2ccc(C(F)(F)F)cc2)ncnc1-c1ccc2cccnc2c1.O=S(=O)(O)c1ccccc1. The molecule has 2 aromatic heterocycles. The Balaban J connectivity index is 0.000000298. The molecule has 3 aromatic carbocycles. The molecule has 200 valence electrons. The summed E-state index contributed by atoms with van der Waals surface area (Å²) in [6.45, 7) is 0. The van der Waals surface area contributed by atoms with E-state index in [9.17, 15) is 21.6 Å². The van der Waals surface area contributed by atoms with Gasteiger partial charge in [-0.15, -0.1) is 0 Å². The first kappa shape index (κ1) is 27.5. The monoisotopic (exact) mass is 554 g/mol. The molecule has 0 unspecified atom stereocenters. The van der Waals surface area contributed by atoms with Crippen molar-refractivity contribution in [2.45, 2.75) is 11.1 Å². The number of benzene rings is 3. The molecule has 39 heavy (non-hydrogen) atoms. The van der Waals surface area contributed by atoms with Crippen LogP contribution in [0.5, 0.6) is 5.75 Å². The Labute approximate surface area is 221 Å². The van der Waals surface area contributed by atoms with Crippen LogP contribution in [0.15, 0.2) is 102 Å². The van der Waals surface area contributed by atoms with Crippen LogP contribution in [-0.4, -0.2) is 35.0 Å². The second kappa shape index (κ2) is 11.5. The number of alkyl halides is 3. The molecule has 12 heteroatoms. The Morgan fingerprint density at radius 1 is 0.872 bits per heavy atom. The zero-order chi connectivity index (χ0) is 28.0. The van der Waals surface area contributed by atoms with Gasteiger partial charge in [0.1, 0.15) is 12.0 Å². The van der Waals surface area contributed by atoms with Crippen LogP contribution in [0.2, 0.25) is 0 Å². The van der Waals surface area contributed by atoms with Gasteiger partial charge in [-0.2, -0.15) is 21.6 Å². The van der Waals surface area contributed by atoms with Gasteiger partial charge in [0.05, 0.1) is 23.1 Å². The number of ether oxygens (including phenoxy) is 1. The molecule has 0 spiro atoms. The molecule has 0 fully saturated rings. The van der Waals surface area contributed by atoms with Crippen LogP contribution in [-0.2, 0) is 16.3 Å². The topological polar surface area (TPSA) is 114 Å². The average Bonchev–Trinajstić information content (AvgIpc) is 2.93. The van der Waals surface area contributed by atoms with Gasteiger partial charge in [-0.1, -0.05) is 36.4 Å². The van der Waals surface area contributed by atoms with Crippen molar-refractivity contribution in [3.05, 3.63) is 103 Å². The zero-order valence-corrected chi connectivity index (χ0v) is 21.1. The maximum absolute atomic E-state index is 12.8. The predicted octanol–water partition coefficient (Wildman–Crippen LogP) is 6.40. The van der Waals surface area contributed by atoms with Crippen molar-refractivity contribution in [2.75, 3.05) is 12.4 Å². The van der Waals surface area contributed by atoms with Crippen LogP contribution in [0.25, 0.3) is 22.2 Å². The average molecular weight is 555 g/mol. The van der Waals surface area contributed by atoms with E-state index in [1.807, 2.05) is 30.3 Å². The fourth-order valence-corrected chi connectivity index (χ4v) is 4.05. The van der Waals surface area contributed by atoms with Crippen molar-refractivity contribution in [1.82, 2.24) is 15.0 Å². The highest BCUT2D eigenvalue weighted by atomic mass is 32.2. The van der Waals surface area contributed by atoms with Crippen LogP contribution in [0.1, 0.15) is 5.56 Å². The van der Waals surface area contributed by atoms with E-state index in [1.165, 1.54) is 37.7 Å². The number of halogens is 3. The highest BCUT2D eigenvalue weighted by molar-refractivity contribution is 7.85. The molecule has 0 aliphatic heterocycles. The molecule has 0 saturated heterocycles. The van der Waals surface area contributed by atoms with E-state index in [1.54, 1.807) is 24.4 Å². The number of fused-ring (bicyclic) bond motifs is 1. The molecular formula is C27H21F3N4O4S. The highest BCUT2D eigenvalue weighted by Gasteiger charge is 2.30. The lowest BCUT2D eigenvalue weighted by Gasteiger charge is -2.14. The maximum atomic E-state index is 12.8. The third-order valence-corrected chi connectivity index (χ3v) is 6.27. The number of hydrogen-bond acceptors (Lipinski definition) is 7. The van der Waals surface area contributed by atoms with Gasteiger partial charge in [0.25, 0.3) is 10.1 Å². The highest BCUT2D eigenvalue weighted by Crippen LogP contribution is 2.36. The summed E-state index contributed by atoms with van der Waals surface area (Å²) in [6, 6.07) is 21.7. The summed E-state index contributed by atoms with van der Waals surface area (Å²) < 4.78 is 73.0. The van der Waals surface area contributed by atoms with E-state index >= 15 is 0 Å². The fourth-order valence-electron chi connectivity index (χ4n) is 3.55. The standard InChI is InChI=1S/C21H15F3N4O.C6H6O3S/c1-29-19-18(14-5-4-13-3-2-10-25-17(13)11-14)26-12-27-20(19)28-16-8-6-15(7-9-16)21(22,23)24;7-10(8,9)6-4-2-1-3-5-6/h2-12H,1H3,(H,26,27,28);1-5H,(H,7,8,9). The Morgan fingerprint density at radius 2 is 1.59 bits per heavy atom. The molecule has 0 radical (unpaired) electrons. The number of anilines is 2. The lowest BCUT2D eigenvalue weighted by atomic mass is 10.1. The van der Waals surface area contributed by atoms with Gasteiger partial charge >= 0.3 is 6.18 Å². The maximum Gasteiger partial charge on any atom is 0.416 e. The van der Waals surface area contributed by atoms with E-state index in [0.29, 0.717) is 22.9 Å². The van der Waals surface area contributed by atoms with Crippen LogP contribution < -0.4 is 10.1 Å². The van der Waals surface area contributed by atoms with Gasteiger partial charge in [-0.05, 0) is 48.5 Å². The molecule has 5 rings (SSSR count). The molecule has 0 saturated carbocycles. The second-order valence-electron chi connectivity index (χ2n) is 8.00. The third-order valence-electron chi connectivity index (χ3n) is 5.40. The van der Waals surface area contributed by atoms with Crippen LogP contribution in [0, 0.1) is 0 Å². The first-order valence-corrected chi connectivity index (χ1v) is 12.7. The molecule has 2 heterocycles. The number of hydrogen-bond donors (Lipinski definition) is 2. The molecule has 0 amide bonds. The van der Waals surface area contributed by atoms with E-state index in [-0.39, 0.29) is 4.90 Å². The number of nitrogens with zero attached hydrogens (tertiary/aromatic N) is 3. The van der Waals surface area contributed by atoms with E-state index in [2.05, 4.69) is 20.3 Å². The second-order valence-corrected chi connectivity index (χ2v) is 9.42. The number of rotatable bonds is 5. The van der Waals surface area contributed by atoms with Gasteiger partial charge < -0.3 is 10.1 Å². The lowest BCUT2D eigenvalue weighted by Crippen LogP contribution is -2.05. The van der Waals surface area contributed by atoms with Crippen LogP contribution >= 0.6 is 0 Å². The number of aromatic nitrogens is 3. The van der Waals surface area contributed by atoms with E-state index in [0.717, 1.165) is 28.6 Å². The molecule has 0 aliphatic rings. The van der Waals surface area contributed by atoms with E-state index < -0.39 is 21.9 Å². The largest absolute Gasteiger partial charge is 0.491 e. The first-order chi connectivity index (χ1) is 18.6. The van der Waals surface area contributed by atoms with Gasteiger partial charge in [0.15, 0.2) is 11.6 Å². The van der Waals surface area contributed by atoms with Crippen molar-refractivity contribution < 1.29 is 30.9 Å². The van der Waals surface area contributed by atoms with Crippen molar-refractivity contribution in [1.29, 1.82) is 0 Å². The van der Waals surface area contributed by atoms with Crippen molar-refractivity contribution >= 4 is 32.5 Å². The number of pyridine rings is 1. The Bertz CT molecular complexity index is 1680. The minimum Gasteiger partial charge on any atom is -0.491 e. The summed E-state index contributed by atoms with van der Waals surface area (Å²) in [5, 5.41) is 3.98. The molecule has 5 aromatic rings. The molecular weight excluding hydrogens is 533 g/mol. The molecule has 0 aliphatic carbocycles. The van der Waals surface area contributed by atoms with Crippen molar-refractivity contribution in [3.8, 4) is 17.0 Å². The molecule has 0 atom stereocenters. The van der Waals surface area contributed by atoms with Crippen molar-refractivity contribution in [3.63, 3.8) is 0 Å². The van der Waals surface area contributed by atoms with E-state index in [4.69, 9.17) is 9.29 Å². The Morgan fingerprint density at radius 3 is 2.21 bits per heavy atom. The summed E-state index contributed by atoms with van der Waals surface area (Å²) in [6.07, 6.45) is -1.31. The molecule has 2 N–H and O–H groups in total. The smallest absolute Gasteiger partial charge is 0.416 e. The quantitative estimate of drug-likeness (QED) is 0.240. The summed E-state index contributed by atoms with van der Waals surface area (Å²) in [5.41, 5.74) is 1.86. The third kappa shape index (κ3) is 6.86. The Hall–Kier alpha value is -4.55. The summed E-state index contributed by atoms with van der Waals surface area (Å²) in [4.78, 5) is 12.8. The zero-order valence-electron chi connectivity index (χ0n) is 20.3. The number of nitrogens with one attached hydrogen (secondary N) is 1. The van der Waals surface area contributed by atoms with Gasteiger partial charge in [-0.25, -0.2) is 9.97 Å². The number of methoxy groups -OCH3 is 1. The van der Waals surface area contributed by atoms with Gasteiger partial charge in [-0.3, -0.25) is 9.54 Å². The molecule has 0 bridgehead atoms.